The maximum absolute atomic E-state index is 14.0. The molecule has 2 amide bonds. The molecule has 0 bridgehead atoms. The Kier molecular flexibility index (Phi) is 8.33. The number of morpholine rings is 1. The Morgan fingerprint density at radius 2 is 2.12 bits per heavy atom. The number of carbonyl (C=O) groups excluding carboxylic acids is 1. The highest BCUT2D eigenvalue weighted by Crippen LogP contribution is 2.31. The Bertz CT molecular complexity index is 950. The minimum absolute atomic E-state index is 0.0134. The molecule has 1 unspecified atom stereocenters. The number of amides is 2. The van der Waals surface area contributed by atoms with Gasteiger partial charge in [0.15, 0.2) is 5.56 Å². The lowest BCUT2D eigenvalue weighted by Gasteiger charge is -2.28. The first kappa shape index (κ1) is 23.9. The van der Waals surface area contributed by atoms with Gasteiger partial charge in [-0.25, -0.2) is 14.0 Å². The summed E-state index contributed by atoms with van der Waals surface area (Å²) in [6.45, 7) is 4.54. The van der Waals surface area contributed by atoms with E-state index < -0.39 is 23.9 Å². The van der Waals surface area contributed by atoms with Crippen molar-refractivity contribution in [3.8, 4) is 5.88 Å². The number of aromatic carboxylic acids is 1. The van der Waals surface area contributed by atoms with Gasteiger partial charge >= 0.3 is 12.0 Å². The van der Waals surface area contributed by atoms with Crippen LogP contribution in [0, 0.1) is 12.7 Å². The van der Waals surface area contributed by atoms with Crippen LogP contribution in [0.5, 0.6) is 5.88 Å². The van der Waals surface area contributed by atoms with Crippen LogP contribution in [0.1, 0.15) is 21.5 Å². The Morgan fingerprint density at radius 3 is 2.81 bits per heavy atom. The predicted octanol–water partition coefficient (Wildman–Crippen LogP) is 1.68. The van der Waals surface area contributed by atoms with E-state index in [1.54, 1.807) is 19.1 Å². The summed E-state index contributed by atoms with van der Waals surface area (Å²) >= 11 is 0.731. The average molecular weight is 469 g/mol. The summed E-state index contributed by atoms with van der Waals surface area (Å²) in [5.41, 5.74) is 0.673. The second-order valence-electron chi connectivity index (χ2n) is 7.28. The number of nitrogens with one attached hydrogen (secondary N) is 2. The molecule has 174 valence electrons. The van der Waals surface area contributed by atoms with E-state index in [0.29, 0.717) is 32.8 Å². The summed E-state index contributed by atoms with van der Waals surface area (Å²) in [5, 5.41) is 24.5. The second-order valence-corrected chi connectivity index (χ2v) is 8.06. The molecule has 1 aromatic heterocycles. The first-order valence-corrected chi connectivity index (χ1v) is 10.7. The number of rotatable bonds is 9. The van der Waals surface area contributed by atoms with Crippen molar-refractivity contribution < 1.29 is 33.7 Å². The number of hydrogen-bond acceptors (Lipinski definition) is 8. The van der Waals surface area contributed by atoms with Crippen LogP contribution in [0.3, 0.4) is 0 Å². The van der Waals surface area contributed by atoms with E-state index in [4.69, 9.17) is 9.47 Å². The van der Waals surface area contributed by atoms with Crippen LogP contribution in [0.4, 0.5) is 14.2 Å². The summed E-state index contributed by atoms with van der Waals surface area (Å²) in [7, 11) is 0. The molecule has 32 heavy (non-hydrogen) atoms. The van der Waals surface area contributed by atoms with Crippen LogP contribution in [0.15, 0.2) is 18.2 Å². The van der Waals surface area contributed by atoms with Crippen molar-refractivity contribution in [1.29, 1.82) is 0 Å². The van der Waals surface area contributed by atoms with E-state index >= 15 is 0 Å². The van der Waals surface area contributed by atoms with E-state index in [1.807, 2.05) is 4.90 Å². The molecule has 2 aromatic rings. The molecular formula is C20H25FN4O6S. The first-order valence-electron chi connectivity index (χ1n) is 9.97. The lowest BCUT2D eigenvalue weighted by Crippen LogP contribution is -2.45. The number of anilines is 1. The molecule has 4 N–H and O–H groups in total. The molecule has 1 saturated heterocycles. The number of aliphatic hydroxyl groups excluding tert-OH is 1. The van der Waals surface area contributed by atoms with Gasteiger partial charge in [-0.3, -0.25) is 10.2 Å². The molecule has 12 heteroatoms. The highest BCUT2D eigenvalue weighted by Gasteiger charge is 2.24. The van der Waals surface area contributed by atoms with Crippen molar-refractivity contribution in [1.82, 2.24) is 14.6 Å². The number of nitrogens with zero attached hydrogens (tertiary/aromatic N) is 2. The molecule has 1 aliphatic rings. The lowest BCUT2D eigenvalue weighted by atomic mass is 10.1. The molecule has 2 heterocycles. The number of aliphatic hydroxyl groups is 1. The normalized spacial score (nSPS) is 15.2. The summed E-state index contributed by atoms with van der Waals surface area (Å²) in [4.78, 5) is 25.9. The molecule has 3 rings (SSSR count). The van der Waals surface area contributed by atoms with Crippen LogP contribution < -0.4 is 15.4 Å². The zero-order chi connectivity index (χ0) is 23.1. The fraction of sp³-hybridized carbons (Fsp3) is 0.450. The van der Waals surface area contributed by atoms with Gasteiger partial charge < -0.3 is 25.0 Å². The standard InChI is InChI=1S/C20H25FN4O6S/c1-12-2-3-13(15(21)8-12)11-31-17-16(19(27)28)18(32-24-17)23-20(29)22-9-14(26)10-25-4-6-30-7-5-25/h2-3,8,14,26H,4-7,9-11H2,1H3,(H,27,28)(H2,22,23,29). The van der Waals surface area contributed by atoms with Gasteiger partial charge in [0.1, 0.15) is 17.4 Å². The van der Waals surface area contributed by atoms with Gasteiger partial charge in [-0.2, -0.15) is 4.37 Å². The van der Waals surface area contributed by atoms with Gasteiger partial charge in [0, 0.05) is 31.7 Å². The minimum atomic E-state index is -1.35. The SMILES string of the molecule is Cc1ccc(COc2nsc(NC(=O)NCC(O)CN3CCOCC3)c2C(=O)O)c(F)c1. The molecule has 0 saturated carbocycles. The van der Waals surface area contributed by atoms with Crippen molar-refractivity contribution in [2.75, 3.05) is 44.7 Å². The number of carboxylic acids is 1. The van der Waals surface area contributed by atoms with Crippen molar-refractivity contribution in [2.45, 2.75) is 19.6 Å². The Balaban J connectivity index is 1.54. The number of benzene rings is 1. The maximum Gasteiger partial charge on any atom is 0.344 e. The monoisotopic (exact) mass is 468 g/mol. The van der Waals surface area contributed by atoms with Gasteiger partial charge in [0.25, 0.3) is 0 Å². The van der Waals surface area contributed by atoms with Gasteiger partial charge in [0.05, 0.1) is 19.3 Å². The molecule has 0 spiro atoms. The lowest BCUT2D eigenvalue weighted by molar-refractivity contribution is 0.0154. The summed E-state index contributed by atoms with van der Waals surface area (Å²) in [6.07, 6.45) is -0.789. The predicted molar refractivity (Wildman–Crippen MR) is 115 cm³/mol. The number of halogens is 1. The molecule has 1 aliphatic heterocycles. The number of ether oxygens (including phenoxy) is 2. The van der Waals surface area contributed by atoms with Gasteiger partial charge in [0.2, 0.25) is 5.88 Å². The molecule has 0 radical (unpaired) electrons. The molecule has 0 aliphatic carbocycles. The number of hydrogen-bond donors (Lipinski definition) is 4. The third kappa shape index (κ3) is 6.60. The van der Waals surface area contributed by atoms with Crippen LogP contribution >= 0.6 is 11.5 Å². The van der Waals surface area contributed by atoms with E-state index in [1.165, 1.54) is 6.07 Å². The second kappa shape index (κ2) is 11.2. The van der Waals surface area contributed by atoms with Crippen LogP contribution in [-0.4, -0.2) is 77.0 Å². The van der Waals surface area contributed by atoms with Gasteiger partial charge in [-0.1, -0.05) is 12.1 Å². The number of β-amino-alcohol motifs (C(OH)–C–C–N with tert-alkyl or cyclic N) is 1. The topological polar surface area (TPSA) is 133 Å². The highest BCUT2D eigenvalue weighted by molar-refractivity contribution is 7.11. The van der Waals surface area contributed by atoms with Crippen LogP contribution in [0.25, 0.3) is 0 Å². The van der Waals surface area contributed by atoms with Crippen molar-refractivity contribution in [3.05, 3.63) is 40.7 Å². The van der Waals surface area contributed by atoms with Crippen molar-refractivity contribution >= 4 is 28.5 Å². The maximum atomic E-state index is 14.0. The highest BCUT2D eigenvalue weighted by atomic mass is 32.1. The van der Waals surface area contributed by atoms with Gasteiger partial charge in [-0.15, -0.1) is 0 Å². The number of aromatic nitrogens is 1. The third-order valence-corrected chi connectivity index (χ3v) is 5.49. The fourth-order valence-electron chi connectivity index (χ4n) is 3.07. The summed E-state index contributed by atoms with van der Waals surface area (Å²) in [5.74, 6) is -2.03. The quantitative estimate of drug-likeness (QED) is 0.437. The largest absolute Gasteiger partial charge is 0.477 e. The van der Waals surface area contributed by atoms with E-state index in [2.05, 4.69) is 15.0 Å². The zero-order valence-corrected chi connectivity index (χ0v) is 18.3. The third-order valence-electron chi connectivity index (χ3n) is 4.75. The van der Waals surface area contributed by atoms with E-state index in [0.717, 1.165) is 17.1 Å². The molecule has 1 atom stereocenters. The summed E-state index contributed by atoms with van der Waals surface area (Å²) in [6, 6.07) is 3.93. The molecular weight excluding hydrogens is 443 g/mol. The number of carbonyl (C=O) groups is 2. The Morgan fingerprint density at radius 1 is 1.38 bits per heavy atom. The molecule has 10 nitrogen and oxygen atoms in total. The Hall–Kier alpha value is -2.80. The number of carboxylic acid groups (broad SMARTS) is 1. The van der Waals surface area contributed by atoms with E-state index in [9.17, 15) is 24.2 Å². The average Bonchev–Trinajstić information content (AvgIpc) is 3.15. The van der Waals surface area contributed by atoms with E-state index in [-0.39, 0.29) is 35.2 Å². The molecule has 1 aromatic carbocycles. The van der Waals surface area contributed by atoms with Crippen molar-refractivity contribution in [3.63, 3.8) is 0 Å². The number of urea groups is 1. The minimum Gasteiger partial charge on any atom is -0.477 e. The van der Waals surface area contributed by atoms with Crippen LogP contribution in [0.2, 0.25) is 0 Å². The van der Waals surface area contributed by atoms with Crippen molar-refractivity contribution in [2.24, 2.45) is 0 Å². The Labute approximate surface area is 188 Å². The van der Waals surface area contributed by atoms with Crippen LogP contribution in [-0.2, 0) is 11.3 Å². The van der Waals surface area contributed by atoms with Gasteiger partial charge in [-0.05, 0) is 30.1 Å². The first-order chi connectivity index (χ1) is 15.3. The summed E-state index contributed by atoms with van der Waals surface area (Å²) < 4.78 is 28.6. The smallest absolute Gasteiger partial charge is 0.344 e. The zero-order valence-electron chi connectivity index (χ0n) is 17.5. The number of aryl methyl sites for hydroxylation is 1. The molecule has 1 fully saturated rings. The fourth-order valence-corrected chi connectivity index (χ4v) is 3.79.